The number of hydrogen-bond donors (Lipinski definition) is 3. The first-order chi connectivity index (χ1) is 14.9. The van der Waals surface area contributed by atoms with Gasteiger partial charge in [-0.05, 0) is 37.1 Å². The van der Waals surface area contributed by atoms with Crippen molar-refractivity contribution in [3.63, 3.8) is 0 Å². The molecule has 158 valence electrons. The van der Waals surface area contributed by atoms with E-state index in [1.165, 1.54) is 0 Å². The molecule has 2 aromatic carbocycles. The lowest BCUT2D eigenvalue weighted by atomic mass is 10.1. The fourth-order valence-electron chi connectivity index (χ4n) is 3.70. The van der Waals surface area contributed by atoms with Crippen LogP contribution in [0.5, 0.6) is 0 Å². The first-order valence-corrected chi connectivity index (χ1v) is 10.0. The van der Waals surface area contributed by atoms with E-state index in [1.54, 1.807) is 24.4 Å². The number of benzene rings is 2. The third kappa shape index (κ3) is 4.18. The number of nitrogens with one attached hydrogen (secondary N) is 3. The van der Waals surface area contributed by atoms with Crippen LogP contribution in [0.3, 0.4) is 0 Å². The van der Waals surface area contributed by atoms with Crippen LogP contribution in [-0.4, -0.2) is 40.1 Å². The van der Waals surface area contributed by atoms with Gasteiger partial charge >= 0.3 is 0 Å². The summed E-state index contributed by atoms with van der Waals surface area (Å²) in [4.78, 5) is 53.3. The lowest BCUT2D eigenvalue weighted by Crippen LogP contribution is -2.42. The van der Waals surface area contributed by atoms with Gasteiger partial charge in [-0.3, -0.25) is 34.9 Å². The number of para-hydroxylation sites is 1. The number of H-pyrrole nitrogens is 1. The zero-order valence-electron chi connectivity index (χ0n) is 17.0. The van der Waals surface area contributed by atoms with E-state index in [2.05, 4.69) is 15.8 Å². The highest BCUT2D eigenvalue weighted by Gasteiger charge is 2.34. The van der Waals surface area contributed by atoms with Gasteiger partial charge in [-0.15, -0.1) is 0 Å². The van der Waals surface area contributed by atoms with Crippen LogP contribution in [0.25, 0.3) is 10.9 Å². The monoisotopic (exact) mass is 418 g/mol. The molecule has 3 N–H and O–H groups in total. The Bertz CT molecular complexity index is 1200. The number of fused-ring (bicyclic) bond motifs is 2. The van der Waals surface area contributed by atoms with E-state index in [0.29, 0.717) is 17.5 Å². The maximum absolute atomic E-state index is 12.4. The van der Waals surface area contributed by atoms with Crippen molar-refractivity contribution in [1.82, 2.24) is 20.7 Å². The highest BCUT2D eigenvalue weighted by atomic mass is 16.2. The van der Waals surface area contributed by atoms with Crippen LogP contribution in [-0.2, 0) is 16.0 Å². The summed E-state index contributed by atoms with van der Waals surface area (Å²) in [6.07, 6.45) is 2.27. The summed E-state index contributed by atoms with van der Waals surface area (Å²) in [5.74, 6) is -1.41. The molecule has 0 saturated heterocycles. The Hall–Kier alpha value is -3.94. The van der Waals surface area contributed by atoms with Crippen LogP contribution in [0, 0.1) is 6.92 Å². The van der Waals surface area contributed by atoms with Crippen molar-refractivity contribution >= 4 is 34.5 Å². The summed E-state index contributed by atoms with van der Waals surface area (Å²) in [7, 11) is 0. The second kappa shape index (κ2) is 8.43. The summed E-state index contributed by atoms with van der Waals surface area (Å²) < 4.78 is 0. The molecule has 0 atom stereocenters. The summed E-state index contributed by atoms with van der Waals surface area (Å²) in [5, 5.41) is 0.958. The molecule has 4 rings (SSSR count). The molecule has 4 amide bonds. The Balaban J connectivity index is 1.22. The molecule has 0 fully saturated rings. The lowest BCUT2D eigenvalue weighted by molar-refractivity contribution is -0.128. The van der Waals surface area contributed by atoms with Crippen molar-refractivity contribution in [3.05, 3.63) is 70.9 Å². The minimum absolute atomic E-state index is 0.0692. The molecule has 3 aromatic rings. The molecule has 0 bridgehead atoms. The Morgan fingerprint density at radius 3 is 2.55 bits per heavy atom. The predicted octanol–water partition coefficient (Wildman–Crippen LogP) is 2.24. The molecule has 0 aliphatic carbocycles. The fraction of sp³-hybridized carbons (Fsp3) is 0.217. The van der Waals surface area contributed by atoms with Crippen LogP contribution in [0.1, 0.15) is 44.7 Å². The Morgan fingerprint density at radius 2 is 1.71 bits per heavy atom. The third-order valence-corrected chi connectivity index (χ3v) is 5.28. The fourth-order valence-corrected chi connectivity index (χ4v) is 3.70. The second-order valence-electron chi connectivity index (χ2n) is 7.55. The summed E-state index contributed by atoms with van der Waals surface area (Å²) in [6.45, 7) is 2.00. The quantitative estimate of drug-likeness (QED) is 0.421. The first-order valence-electron chi connectivity index (χ1n) is 10.0. The first kappa shape index (κ1) is 20.3. The van der Waals surface area contributed by atoms with Gasteiger partial charge in [-0.1, -0.05) is 29.8 Å². The maximum atomic E-state index is 12.4. The molecule has 1 aliphatic rings. The molecule has 0 radical (unpaired) electrons. The highest BCUT2D eigenvalue weighted by Crippen LogP contribution is 2.24. The van der Waals surface area contributed by atoms with E-state index in [-0.39, 0.29) is 43.0 Å². The normalized spacial score (nSPS) is 12.9. The number of rotatable bonds is 6. The van der Waals surface area contributed by atoms with Gasteiger partial charge in [0.15, 0.2) is 0 Å². The maximum Gasteiger partial charge on any atom is 0.261 e. The minimum Gasteiger partial charge on any atom is -0.361 e. The Morgan fingerprint density at radius 1 is 0.968 bits per heavy atom. The van der Waals surface area contributed by atoms with Gasteiger partial charge in [0, 0.05) is 30.1 Å². The van der Waals surface area contributed by atoms with Gasteiger partial charge in [-0.2, -0.15) is 0 Å². The largest absolute Gasteiger partial charge is 0.361 e. The van der Waals surface area contributed by atoms with Crippen molar-refractivity contribution in [2.75, 3.05) is 6.54 Å². The molecular weight excluding hydrogens is 396 g/mol. The van der Waals surface area contributed by atoms with Gasteiger partial charge in [0.25, 0.3) is 11.8 Å². The zero-order valence-corrected chi connectivity index (χ0v) is 17.0. The Labute approximate surface area is 178 Å². The van der Waals surface area contributed by atoms with Crippen molar-refractivity contribution in [2.45, 2.75) is 26.2 Å². The smallest absolute Gasteiger partial charge is 0.261 e. The van der Waals surface area contributed by atoms with Crippen LogP contribution < -0.4 is 10.9 Å². The van der Waals surface area contributed by atoms with E-state index in [9.17, 15) is 19.2 Å². The molecule has 1 aromatic heterocycles. The molecule has 8 nitrogen and oxygen atoms in total. The molecule has 31 heavy (non-hydrogen) atoms. The Kier molecular flexibility index (Phi) is 5.53. The van der Waals surface area contributed by atoms with E-state index in [4.69, 9.17) is 0 Å². The van der Waals surface area contributed by atoms with Crippen LogP contribution in [0.2, 0.25) is 0 Å². The molecule has 0 unspecified atom stereocenters. The van der Waals surface area contributed by atoms with Crippen molar-refractivity contribution in [2.24, 2.45) is 0 Å². The summed E-state index contributed by atoms with van der Waals surface area (Å²) in [5.41, 5.74) is 8.26. The lowest BCUT2D eigenvalue weighted by Gasteiger charge is -2.13. The van der Waals surface area contributed by atoms with Gasteiger partial charge < -0.3 is 4.98 Å². The number of imide groups is 1. The van der Waals surface area contributed by atoms with Gasteiger partial charge in [-0.25, -0.2) is 0 Å². The predicted molar refractivity (Wildman–Crippen MR) is 114 cm³/mol. The number of hydrogen-bond acceptors (Lipinski definition) is 4. The average molecular weight is 418 g/mol. The number of carbonyl (C=O) groups is 4. The number of aromatic amines is 1. The number of amides is 4. The number of aryl methyl sites for hydroxylation is 1. The van der Waals surface area contributed by atoms with Crippen LogP contribution in [0.15, 0.2) is 48.7 Å². The summed E-state index contributed by atoms with van der Waals surface area (Å²) >= 11 is 0. The highest BCUT2D eigenvalue weighted by molar-refractivity contribution is 6.21. The zero-order chi connectivity index (χ0) is 22.0. The number of hydrazine groups is 1. The number of aromatic nitrogens is 1. The standard InChI is InChI=1S/C23H22N4O4/c1-14-8-9-17-18(11-14)23(31)27(22(17)30)10-4-7-20(28)25-26-21(29)12-15-13-24-19-6-3-2-5-16(15)19/h2-3,5-6,8-9,11,13,24H,4,7,10,12H2,1H3,(H,25,28)(H,26,29). The molecule has 1 aliphatic heterocycles. The summed E-state index contributed by atoms with van der Waals surface area (Å²) in [6, 6.07) is 12.8. The van der Waals surface area contributed by atoms with Gasteiger partial charge in [0.2, 0.25) is 11.8 Å². The molecule has 0 saturated carbocycles. The van der Waals surface area contributed by atoms with E-state index >= 15 is 0 Å². The van der Waals surface area contributed by atoms with E-state index < -0.39 is 0 Å². The second-order valence-corrected chi connectivity index (χ2v) is 7.55. The molecular formula is C23H22N4O4. The molecule has 8 heteroatoms. The topological polar surface area (TPSA) is 111 Å². The van der Waals surface area contributed by atoms with Gasteiger partial charge in [0.1, 0.15) is 0 Å². The van der Waals surface area contributed by atoms with E-state index in [0.717, 1.165) is 26.9 Å². The third-order valence-electron chi connectivity index (χ3n) is 5.28. The van der Waals surface area contributed by atoms with E-state index in [1.807, 2.05) is 31.2 Å². The van der Waals surface area contributed by atoms with Crippen molar-refractivity contribution in [3.8, 4) is 0 Å². The number of carbonyl (C=O) groups excluding carboxylic acids is 4. The van der Waals surface area contributed by atoms with Crippen LogP contribution in [0.4, 0.5) is 0 Å². The van der Waals surface area contributed by atoms with Gasteiger partial charge in [0.05, 0.1) is 17.5 Å². The molecule has 0 spiro atoms. The molecule has 2 heterocycles. The minimum atomic E-state index is -0.389. The SMILES string of the molecule is Cc1ccc2c(c1)C(=O)N(CCCC(=O)NNC(=O)Cc1c[nH]c3ccccc13)C2=O. The number of nitrogens with zero attached hydrogens (tertiary/aromatic N) is 1. The van der Waals surface area contributed by atoms with Crippen LogP contribution >= 0.6 is 0 Å². The average Bonchev–Trinajstić information content (AvgIpc) is 3.26. The van der Waals surface area contributed by atoms with Crippen molar-refractivity contribution < 1.29 is 19.2 Å². The van der Waals surface area contributed by atoms with Crippen molar-refractivity contribution in [1.29, 1.82) is 0 Å².